The summed E-state index contributed by atoms with van der Waals surface area (Å²) in [5.74, 6) is 0.0961. The predicted octanol–water partition coefficient (Wildman–Crippen LogP) is 5.98. The SMILES string of the molecule is COc1cc(F)cc(-c2cncc3[nH]c(-c4n[nH]c5ccc(-c6ccncc6)cc45)cc23)c1. The van der Waals surface area contributed by atoms with Gasteiger partial charge in [0.05, 0.1) is 30.0 Å². The van der Waals surface area contributed by atoms with E-state index in [2.05, 4.69) is 37.3 Å². The van der Waals surface area contributed by atoms with Gasteiger partial charge < -0.3 is 9.72 Å². The molecular formula is C26H18FN5O. The van der Waals surface area contributed by atoms with E-state index >= 15 is 0 Å². The average Bonchev–Trinajstić information content (AvgIpc) is 3.47. The number of nitrogens with zero attached hydrogens (tertiary/aromatic N) is 3. The molecule has 4 aromatic heterocycles. The molecule has 0 aliphatic rings. The third-order valence-electron chi connectivity index (χ3n) is 5.80. The van der Waals surface area contributed by atoms with Crippen LogP contribution in [0.2, 0.25) is 0 Å². The van der Waals surface area contributed by atoms with Crippen LogP contribution in [0.15, 0.2) is 79.4 Å². The topological polar surface area (TPSA) is 79.5 Å². The molecule has 0 amide bonds. The van der Waals surface area contributed by atoms with Crippen molar-refractivity contribution in [3.8, 4) is 39.4 Å². The summed E-state index contributed by atoms with van der Waals surface area (Å²) in [5.41, 5.74) is 7.11. The fourth-order valence-corrected chi connectivity index (χ4v) is 4.19. The molecule has 0 aliphatic heterocycles. The molecule has 2 N–H and O–H groups in total. The molecule has 0 atom stereocenters. The molecule has 33 heavy (non-hydrogen) atoms. The highest BCUT2D eigenvalue weighted by Gasteiger charge is 2.15. The summed E-state index contributed by atoms with van der Waals surface area (Å²) >= 11 is 0. The van der Waals surface area contributed by atoms with Crippen LogP contribution in [0.5, 0.6) is 5.75 Å². The Labute approximate surface area is 188 Å². The number of aromatic amines is 2. The second-order valence-corrected chi connectivity index (χ2v) is 7.78. The van der Waals surface area contributed by atoms with E-state index in [4.69, 9.17) is 4.74 Å². The number of methoxy groups -OCH3 is 1. The van der Waals surface area contributed by atoms with E-state index < -0.39 is 0 Å². The zero-order valence-corrected chi connectivity index (χ0v) is 17.6. The van der Waals surface area contributed by atoms with E-state index in [1.165, 1.54) is 19.2 Å². The Morgan fingerprint density at radius 2 is 1.67 bits per heavy atom. The lowest BCUT2D eigenvalue weighted by atomic mass is 10.0. The van der Waals surface area contributed by atoms with Crippen molar-refractivity contribution in [1.82, 2.24) is 25.1 Å². The summed E-state index contributed by atoms with van der Waals surface area (Å²) in [6.07, 6.45) is 7.06. The lowest BCUT2D eigenvalue weighted by molar-refractivity contribution is 0.411. The molecule has 0 unspecified atom stereocenters. The highest BCUT2D eigenvalue weighted by molar-refractivity contribution is 6.01. The van der Waals surface area contributed by atoms with Crippen LogP contribution in [-0.2, 0) is 0 Å². The van der Waals surface area contributed by atoms with E-state index in [-0.39, 0.29) is 5.82 Å². The first-order valence-electron chi connectivity index (χ1n) is 10.4. The first-order chi connectivity index (χ1) is 16.2. The lowest BCUT2D eigenvalue weighted by Gasteiger charge is -2.06. The third-order valence-corrected chi connectivity index (χ3v) is 5.80. The van der Waals surface area contributed by atoms with Crippen LogP contribution in [0.25, 0.3) is 55.4 Å². The van der Waals surface area contributed by atoms with Crippen molar-refractivity contribution in [3.05, 3.63) is 85.2 Å². The molecule has 0 saturated heterocycles. The van der Waals surface area contributed by atoms with E-state index in [0.29, 0.717) is 11.3 Å². The van der Waals surface area contributed by atoms with Gasteiger partial charge in [0.2, 0.25) is 0 Å². The number of ether oxygens (including phenoxy) is 1. The van der Waals surface area contributed by atoms with Crippen molar-refractivity contribution in [2.75, 3.05) is 7.11 Å². The largest absolute Gasteiger partial charge is 0.497 e. The number of nitrogens with one attached hydrogen (secondary N) is 2. The molecule has 6 rings (SSSR count). The van der Waals surface area contributed by atoms with Gasteiger partial charge in [-0.05, 0) is 59.2 Å². The van der Waals surface area contributed by atoms with Gasteiger partial charge in [0.1, 0.15) is 17.3 Å². The van der Waals surface area contributed by atoms with Crippen LogP contribution >= 0.6 is 0 Å². The maximum Gasteiger partial charge on any atom is 0.127 e. The number of pyridine rings is 2. The minimum atomic E-state index is -0.362. The molecule has 0 spiro atoms. The Bertz CT molecular complexity index is 1620. The van der Waals surface area contributed by atoms with Crippen LogP contribution in [-0.4, -0.2) is 32.3 Å². The zero-order chi connectivity index (χ0) is 22.4. The van der Waals surface area contributed by atoms with Gasteiger partial charge in [-0.25, -0.2) is 4.39 Å². The standard InChI is InChI=1S/C26H18FN5O/c1-33-19-9-17(8-18(27)11-19)22-13-29-14-25-20(22)12-24(30-25)26-21-10-16(2-3-23(21)31-32-26)15-4-6-28-7-5-15/h2-14,30H,1H3,(H,31,32). The molecule has 4 heterocycles. The normalized spacial score (nSPS) is 11.3. The maximum atomic E-state index is 14.2. The molecule has 0 radical (unpaired) electrons. The van der Waals surface area contributed by atoms with Crippen LogP contribution in [0.3, 0.4) is 0 Å². The average molecular weight is 435 g/mol. The Kier molecular flexibility index (Phi) is 4.40. The van der Waals surface area contributed by atoms with Crippen molar-refractivity contribution < 1.29 is 9.13 Å². The molecule has 7 heteroatoms. The minimum Gasteiger partial charge on any atom is -0.497 e. The number of hydrogen-bond donors (Lipinski definition) is 2. The lowest BCUT2D eigenvalue weighted by Crippen LogP contribution is -1.88. The van der Waals surface area contributed by atoms with E-state index in [0.717, 1.165) is 49.9 Å². The van der Waals surface area contributed by atoms with Crippen LogP contribution in [0, 0.1) is 5.82 Å². The van der Waals surface area contributed by atoms with Gasteiger partial charge in [0.25, 0.3) is 0 Å². The molecule has 6 nitrogen and oxygen atoms in total. The first kappa shape index (κ1) is 19.2. The smallest absolute Gasteiger partial charge is 0.127 e. The molecule has 0 saturated carbocycles. The van der Waals surface area contributed by atoms with Crippen molar-refractivity contribution >= 4 is 21.8 Å². The van der Waals surface area contributed by atoms with Gasteiger partial charge in [-0.15, -0.1) is 0 Å². The number of hydrogen-bond acceptors (Lipinski definition) is 4. The summed E-state index contributed by atoms with van der Waals surface area (Å²) in [4.78, 5) is 11.9. The van der Waals surface area contributed by atoms with Gasteiger partial charge >= 0.3 is 0 Å². The number of H-pyrrole nitrogens is 2. The zero-order valence-electron chi connectivity index (χ0n) is 17.6. The first-order valence-corrected chi connectivity index (χ1v) is 10.4. The van der Waals surface area contributed by atoms with Crippen molar-refractivity contribution in [2.45, 2.75) is 0 Å². The summed E-state index contributed by atoms with van der Waals surface area (Å²) in [6.45, 7) is 0. The van der Waals surface area contributed by atoms with E-state index in [1.54, 1.807) is 30.9 Å². The fourth-order valence-electron chi connectivity index (χ4n) is 4.19. The number of fused-ring (bicyclic) bond motifs is 2. The Hall–Kier alpha value is -4.52. The summed E-state index contributed by atoms with van der Waals surface area (Å²) in [6, 6.07) is 16.8. The Balaban J connectivity index is 1.50. The van der Waals surface area contributed by atoms with Gasteiger partial charge in [-0.2, -0.15) is 5.10 Å². The van der Waals surface area contributed by atoms with Crippen molar-refractivity contribution in [3.63, 3.8) is 0 Å². The van der Waals surface area contributed by atoms with Gasteiger partial charge in [-0.1, -0.05) is 6.07 Å². The van der Waals surface area contributed by atoms with Crippen molar-refractivity contribution in [2.24, 2.45) is 0 Å². The second-order valence-electron chi connectivity index (χ2n) is 7.78. The van der Waals surface area contributed by atoms with Gasteiger partial charge in [0.15, 0.2) is 0 Å². The van der Waals surface area contributed by atoms with Gasteiger partial charge in [0, 0.05) is 41.0 Å². The number of benzene rings is 2. The maximum absolute atomic E-state index is 14.2. The molecule has 0 aliphatic carbocycles. The van der Waals surface area contributed by atoms with Crippen LogP contribution in [0.4, 0.5) is 4.39 Å². The predicted molar refractivity (Wildman–Crippen MR) is 126 cm³/mol. The highest BCUT2D eigenvalue weighted by Crippen LogP contribution is 2.35. The van der Waals surface area contributed by atoms with Crippen molar-refractivity contribution in [1.29, 1.82) is 0 Å². The summed E-state index contributed by atoms with van der Waals surface area (Å²) in [7, 11) is 1.52. The molecule has 160 valence electrons. The van der Waals surface area contributed by atoms with Crippen LogP contribution in [0.1, 0.15) is 0 Å². The quantitative estimate of drug-likeness (QED) is 0.357. The summed E-state index contributed by atoms with van der Waals surface area (Å²) in [5, 5.41) is 9.61. The van der Waals surface area contributed by atoms with Gasteiger partial charge in [-0.3, -0.25) is 15.1 Å². The monoisotopic (exact) mass is 435 g/mol. The van der Waals surface area contributed by atoms with E-state index in [1.807, 2.05) is 24.3 Å². The number of halogens is 1. The molecule has 0 fully saturated rings. The minimum absolute atomic E-state index is 0.362. The molecule has 6 aromatic rings. The molecule has 2 aromatic carbocycles. The van der Waals surface area contributed by atoms with E-state index in [9.17, 15) is 4.39 Å². The number of aromatic nitrogens is 5. The Morgan fingerprint density at radius 3 is 2.52 bits per heavy atom. The molecular weight excluding hydrogens is 417 g/mol. The Morgan fingerprint density at radius 1 is 0.788 bits per heavy atom. The highest BCUT2D eigenvalue weighted by atomic mass is 19.1. The fraction of sp³-hybridized carbons (Fsp3) is 0.0385. The third kappa shape index (κ3) is 3.30. The summed E-state index contributed by atoms with van der Waals surface area (Å²) < 4.78 is 19.4. The number of rotatable bonds is 4. The second kappa shape index (κ2) is 7.56. The van der Waals surface area contributed by atoms with Crippen LogP contribution < -0.4 is 4.74 Å². The molecule has 0 bridgehead atoms.